The maximum atomic E-state index is 12.0. The van der Waals surface area contributed by atoms with Crippen molar-refractivity contribution in [3.8, 4) is 17.2 Å². The van der Waals surface area contributed by atoms with E-state index in [0.717, 1.165) is 20.3 Å². The molecule has 1 atom stereocenters. The molecule has 0 saturated carbocycles. The summed E-state index contributed by atoms with van der Waals surface area (Å²) >= 11 is 0. The minimum absolute atomic E-state index is 0.0608. The van der Waals surface area contributed by atoms with E-state index in [2.05, 4.69) is 0 Å². The Morgan fingerprint density at radius 3 is 2.08 bits per heavy atom. The summed E-state index contributed by atoms with van der Waals surface area (Å²) in [4.78, 5) is 38.0. The van der Waals surface area contributed by atoms with Gasteiger partial charge in [0.25, 0.3) is 0 Å². The summed E-state index contributed by atoms with van der Waals surface area (Å²) in [6.45, 7) is 0.504. The van der Waals surface area contributed by atoms with E-state index < -0.39 is 17.8 Å². The predicted molar refractivity (Wildman–Crippen MR) is 86.6 cm³/mol. The van der Waals surface area contributed by atoms with Crippen molar-refractivity contribution in [2.75, 3.05) is 42.1 Å². The zero-order valence-corrected chi connectivity index (χ0v) is 14.9. The minimum atomic E-state index is -0.818. The number of carbonyl (C=O) groups is 3. The SMILES string of the molecule is COc1ccc(C[NH+](C)CN2C(=O)C(=O)N(C)C2=O)c(OC)c1OC. The van der Waals surface area contributed by atoms with Gasteiger partial charge in [0.2, 0.25) is 5.75 Å². The molecular formula is C16H22N3O6+. The lowest BCUT2D eigenvalue weighted by Crippen LogP contribution is -3.09. The fourth-order valence-electron chi connectivity index (χ4n) is 2.71. The van der Waals surface area contributed by atoms with E-state index in [-0.39, 0.29) is 6.67 Å². The number of hydrogen-bond donors (Lipinski definition) is 1. The van der Waals surface area contributed by atoms with Gasteiger partial charge in [-0.25, -0.2) is 9.69 Å². The van der Waals surface area contributed by atoms with E-state index in [1.54, 1.807) is 13.1 Å². The van der Waals surface area contributed by atoms with Crippen LogP contribution in [0.2, 0.25) is 0 Å². The van der Waals surface area contributed by atoms with Crippen molar-refractivity contribution >= 4 is 17.8 Å². The molecule has 2 rings (SSSR count). The Balaban J connectivity index is 2.18. The summed E-state index contributed by atoms with van der Waals surface area (Å²) < 4.78 is 16.0. The van der Waals surface area contributed by atoms with Gasteiger partial charge in [-0.05, 0) is 12.1 Å². The molecule has 136 valence electrons. The van der Waals surface area contributed by atoms with Crippen LogP contribution in [0.15, 0.2) is 12.1 Å². The van der Waals surface area contributed by atoms with Crippen LogP contribution in [0.3, 0.4) is 0 Å². The lowest BCUT2D eigenvalue weighted by molar-refractivity contribution is -0.901. The molecule has 1 N–H and O–H groups in total. The number of nitrogens with one attached hydrogen (secondary N) is 1. The summed E-state index contributed by atoms with van der Waals surface area (Å²) in [6, 6.07) is 2.97. The molecule has 0 bridgehead atoms. The molecule has 1 heterocycles. The standard InChI is InChI=1S/C16H21N3O6/c1-17(9-19-15(21)14(20)18(2)16(19)22)8-10-6-7-11(23-3)13(25-5)12(10)24-4/h6-7H,8-9H2,1-5H3/p+1. The highest BCUT2D eigenvalue weighted by Gasteiger charge is 2.43. The molecule has 1 aliphatic rings. The summed E-state index contributed by atoms with van der Waals surface area (Å²) in [7, 11) is 7.67. The van der Waals surface area contributed by atoms with Crippen LogP contribution < -0.4 is 19.1 Å². The van der Waals surface area contributed by atoms with Gasteiger partial charge in [0.1, 0.15) is 6.54 Å². The third kappa shape index (κ3) is 3.36. The molecule has 1 saturated heterocycles. The highest BCUT2D eigenvalue weighted by molar-refractivity contribution is 6.44. The quantitative estimate of drug-likeness (QED) is 0.506. The lowest BCUT2D eigenvalue weighted by atomic mass is 10.1. The second-order valence-electron chi connectivity index (χ2n) is 5.67. The molecule has 0 aromatic heterocycles. The summed E-state index contributed by atoms with van der Waals surface area (Å²) in [5.41, 5.74) is 0.816. The van der Waals surface area contributed by atoms with Crippen molar-refractivity contribution in [1.29, 1.82) is 0 Å². The van der Waals surface area contributed by atoms with Gasteiger partial charge in [0, 0.05) is 7.05 Å². The van der Waals surface area contributed by atoms with Gasteiger partial charge in [0.05, 0.1) is 33.9 Å². The number of hydrogen-bond acceptors (Lipinski definition) is 6. The van der Waals surface area contributed by atoms with Crippen LogP contribution in [0.1, 0.15) is 5.56 Å². The monoisotopic (exact) mass is 352 g/mol. The number of nitrogens with zero attached hydrogens (tertiary/aromatic N) is 2. The molecule has 0 aliphatic carbocycles. The Hall–Kier alpha value is -2.81. The van der Waals surface area contributed by atoms with Crippen LogP contribution in [0.5, 0.6) is 17.2 Å². The first kappa shape index (κ1) is 18.5. The largest absolute Gasteiger partial charge is 0.493 e. The molecule has 4 amide bonds. The second-order valence-corrected chi connectivity index (χ2v) is 5.67. The Labute approximate surface area is 145 Å². The van der Waals surface area contributed by atoms with Gasteiger partial charge in [-0.3, -0.25) is 14.5 Å². The summed E-state index contributed by atoms with van der Waals surface area (Å²) in [5, 5.41) is 0. The van der Waals surface area contributed by atoms with E-state index in [0.29, 0.717) is 23.8 Å². The number of benzene rings is 1. The van der Waals surface area contributed by atoms with Crippen LogP contribution >= 0.6 is 0 Å². The van der Waals surface area contributed by atoms with Gasteiger partial charge in [-0.1, -0.05) is 0 Å². The van der Waals surface area contributed by atoms with Crippen molar-refractivity contribution in [2.45, 2.75) is 6.54 Å². The zero-order chi connectivity index (χ0) is 18.7. The number of ether oxygens (including phenoxy) is 3. The van der Waals surface area contributed by atoms with E-state index in [1.165, 1.54) is 28.4 Å². The zero-order valence-electron chi connectivity index (χ0n) is 14.9. The van der Waals surface area contributed by atoms with E-state index >= 15 is 0 Å². The molecule has 9 heteroatoms. The topological polar surface area (TPSA) is 89.8 Å². The molecule has 0 spiro atoms. The molecule has 0 radical (unpaired) electrons. The first-order chi connectivity index (χ1) is 11.8. The first-order valence-electron chi connectivity index (χ1n) is 7.58. The van der Waals surface area contributed by atoms with Crippen molar-refractivity contribution in [1.82, 2.24) is 9.80 Å². The van der Waals surface area contributed by atoms with Crippen LogP contribution in [0.25, 0.3) is 0 Å². The summed E-state index contributed by atoms with van der Waals surface area (Å²) in [5.74, 6) is -0.0995. The predicted octanol–water partition coefficient (Wildman–Crippen LogP) is -0.895. The Bertz CT molecular complexity index is 705. The van der Waals surface area contributed by atoms with Gasteiger partial charge >= 0.3 is 17.8 Å². The van der Waals surface area contributed by atoms with Crippen LogP contribution in [0, 0.1) is 0 Å². The second kappa shape index (κ2) is 7.39. The fourth-order valence-corrected chi connectivity index (χ4v) is 2.71. The van der Waals surface area contributed by atoms with Gasteiger partial charge in [-0.15, -0.1) is 0 Å². The van der Waals surface area contributed by atoms with Crippen molar-refractivity contribution < 1.29 is 33.5 Å². The average Bonchev–Trinajstić information content (AvgIpc) is 2.78. The number of likely N-dealkylation sites (N-methyl/N-ethyl adjacent to an activating group) is 1. The lowest BCUT2D eigenvalue weighted by Gasteiger charge is -2.21. The Kier molecular flexibility index (Phi) is 5.48. The van der Waals surface area contributed by atoms with Crippen molar-refractivity contribution in [3.63, 3.8) is 0 Å². The number of carbonyl (C=O) groups excluding carboxylic acids is 3. The van der Waals surface area contributed by atoms with Crippen LogP contribution in [0.4, 0.5) is 4.79 Å². The fraction of sp³-hybridized carbons (Fsp3) is 0.438. The van der Waals surface area contributed by atoms with E-state index in [9.17, 15) is 14.4 Å². The Morgan fingerprint density at radius 1 is 0.960 bits per heavy atom. The molecule has 1 unspecified atom stereocenters. The highest BCUT2D eigenvalue weighted by atomic mass is 16.5. The molecule has 1 aliphatic heterocycles. The van der Waals surface area contributed by atoms with Gasteiger partial charge in [0.15, 0.2) is 18.2 Å². The molecule has 25 heavy (non-hydrogen) atoms. The first-order valence-corrected chi connectivity index (χ1v) is 7.58. The number of rotatable bonds is 7. The molecule has 1 fully saturated rings. The Morgan fingerprint density at radius 2 is 1.60 bits per heavy atom. The molecule has 1 aromatic carbocycles. The number of quaternary nitrogens is 1. The number of methoxy groups -OCH3 is 3. The highest BCUT2D eigenvalue weighted by Crippen LogP contribution is 2.39. The molecule has 1 aromatic rings. The number of imide groups is 2. The minimum Gasteiger partial charge on any atom is -0.493 e. The van der Waals surface area contributed by atoms with E-state index in [1.807, 2.05) is 6.07 Å². The summed E-state index contributed by atoms with van der Waals surface area (Å²) in [6.07, 6.45) is 0. The van der Waals surface area contributed by atoms with Crippen LogP contribution in [-0.2, 0) is 16.1 Å². The smallest absolute Gasteiger partial charge is 0.338 e. The number of urea groups is 1. The maximum Gasteiger partial charge on any atom is 0.338 e. The van der Waals surface area contributed by atoms with Crippen LogP contribution in [-0.4, -0.2) is 69.7 Å². The number of amides is 4. The third-order valence-corrected chi connectivity index (χ3v) is 3.96. The van der Waals surface area contributed by atoms with Gasteiger partial charge in [-0.2, -0.15) is 0 Å². The third-order valence-electron chi connectivity index (χ3n) is 3.96. The van der Waals surface area contributed by atoms with E-state index in [4.69, 9.17) is 14.2 Å². The normalized spacial score (nSPS) is 15.6. The van der Waals surface area contributed by atoms with Crippen molar-refractivity contribution in [3.05, 3.63) is 17.7 Å². The molecular weight excluding hydrogens is 330 g/mol. The van der Waals surface area contributed by atoms with Gasteiger partial charge < -0.3 is 19.1 Å². The molecule has 9 nitrogen and oxygen atoms in total. The van der Waals surface area contributed by atoms with Crippen molar-refractivity contribution in [2.24, 2.45) is 0 Å². The average molecular weight is 352 g/mol. The maximum absolute atomic E-state index is 12.0.